The van der Waals surface area contributed by atoms with E-state index in [2.05, 4.69) is 27.3 Å². The number of piperidine rings is 1. The molecule has 1 atom stereocenters. The Kier molecular flexibility index (Phi) is 5.09. The normalized spacial score (nSPS) is 18.9. The fraction of sp³-hybridized carbons (Fsp3) is 0.450. The first-order valence-electron chi connectivity index (χ1n) is 9.56. The number of fused-ring (bicyclic) bond motifs is 1. The number of nitrogens with zero attached hydrogens (tertiary/aromatic N) is 3. The second-order valence-corrected chi connectivity index (χ2v) is 6.84. The quantitative estimate of drug-likeness (QED) is 0.893. The summed E-state index contributed by atoms with van der Waals surface area (Å²) in [7, 11) is 0. The van der Waals surface area contributed by atoms with Gasteiger partial charge in [-0.25, -0.2) is 0 Å². The number of anilines is 2. The average molecular weight is 368 g/mol. The van der Waals surface area contributed by atoms with Crippen LogP contribution in [0.25, 0.3) is 0 Å². The Labute approximate surface area is 158 Å². The fourth-order valence-corrected chi connectivity index (χ4v) is 3.64. The van der Waals surface area contributed by atoms with E-state index >= 15 is 0 Å². The Hall–Kier alpha value is -2.83. The maximum atomic E-state index is 12.5. The molecule has 1 aromatic heterocycles. The van der Waals surface area contributed by atoms with E-state index in [-0.39, 0.29) is 5.91 Å². The van der Waals surface area contributed by atoms with Crippen LogP contribution in [0.4, 0.5) is 11.5 Å². The molecule has 1 unspecified atom stereocenters. The van der Waals surface area contributed by atoms with Gasteiger partial charge in [-0.2, -0.15) is 0 Å². The maximum Gasteiger partial charge on any atom is 0.276 e. The molecule has 0 aliphatic carbocycles. The minimum atomic E-state index is -0.295. The lowest BCUT2D eigenvalue weighted by Crippen LogP contribution is -2.39. The SMILES string of the molecule is CCC1CCCCN1c1ccc(C(=O)Nc2ccc3c(c2)OCCO3)nn1. The lowest BCUT2D eigenvalue weighted by molar-refractivity contribution is 0.102. The molecule has 1 fully saturated rings. The van der Waals surface area contributed by atoms with Crippen molar-refractivity contribution < 1.29 is 14.3 Å². The van der Waals surface area contributed by atoms with Crippen LogP contribution >= 0.6 is 0 Å². The van der Waals surface area contributed by atoms with Crippen molar-refractivity contribution in [1.29, 1.82) is 0 Å². The highest BCUT2D eigenvalue weighted by Crippen LogP contribution is 2.32. The predicted octanol–water partition coefficient (Wildman–Crippen LogP) is 3.27. The second-order valence-electron chi connectivity index (χ2n) is 6.84. The molecular weight excluding hydrogens is 344 g/mol. The Morgan fingerprint density at radius 3 is 2.78 bits per heavy atom. The molecule has 0 saturated carbocycles. The lowest BCUT2D eigenvalue weighted by Gasteiger charge is -2.35. The smallest absolute Gasteiger partial charge is 0.276 e. The van der Waals surface area contributed by atoms with Crippen LogP contribution in [0.15, 0.2) is 30.3 Å². The largest absolute Gasteiger partial charge is 0.486 e. The minimum absolute atomic E-state index is 0.290. The number of amides is 1. The zero-order valence-corrected chi connectivity index (χ0v) is 15.5. The van der Waals surface area contributed by atoms with Crippen LogP contribution in [0.5, 0.6) is 11.5 Å². The van der Waals surface area contributed by atoms with Gasteiger partial charge in [-0.1, -0.05) is 6.92 Å². The summed E-state index contributed by atoms with van der Waals surface area (Å²) in [6, 6.07) is 9.46. The van der Waals surface area contributed by atoms with Crippen molar-refractivity contribution in [3.05, 3.63) is 36.0 Å². The lowest BCUT2D eigenvalue weighted by atomic mass is 10.0. The maximum absolute atomic E-state index is 12.5. The molecule has 3 heterocycles. The molecule has 1 N–H and O–H groups in total. The van der Waals surface area contributed by atoms with Crippen molar-refractivity contribution in [2.24, 2.45) is 0 Å². The zero-order chi connectivity index (χ0) is 18.6. The number of ether oxygens (including phenoxy) is 2. The molecule has 1 aromatic carbocycles. The third-order valence-electron chi connectivity index (χ3n) is 5.08. The van der Waals surface area contributed by atoms with Gasteiger partial charge in [0.1, 0.15) is 13.2 Å². The molecule has 0 spiro atoms. The van der Waals surface area contributed by atoms with E-state index < -0.39 is 0 Å². The van der Waals surface area contributed by atoms with E-state index in [4.69, 9.17) is 9.47 Å². The van der Waals surface area contributed by atoms with E-state index in [1.54, 1.807) is 24.3 Å². The zero-order valence-electron chi connectivity index (χ0n) is 15.5. The number of benzene rings is 1. The van der Waals surface area contributed by atoms with Gasteiger partial charge in [0.05, 0.1) is 0 Å². The minimum Gasteiger partial charge on any atom is -0.486 e. The summed E-state index contributed by atoms with van der Waals surface area (Å²) in [4.78, 5) is 14.8. The third kappa shape index (κ3) is 3.82. The summed E-state index contributed by atoms with van der Waals surface area (Å²) in [5.74, 6) is 1.88. The van der Waals surface area contributed by atoms with Crippen molar-refractivity contribution >= 4 is 17.4 Å². The Morgan fingerprint density at radius 2 is 2.00 bits per heavy atom. The highest BCUT2D eigenvalue weighted by Gasteiger charge is 2.22. The highest BCUT2D eigenvalue weighted by molar-refractivity contribution is 6.03. The highest BCUT2D eigenvalue weighted by atomic mass is 16.6. The van der Waals surface area contributed by atoms with Crippen LogP contribution in [-0.4, -0.2) is 41.9 Å². The van der Waals surface area contributed by atoms with Gasteiger partial charge in [0.2, 0.25) is 0 Å². The van der Waals surface area contributed by atoms with Gasteiger partial charge in [0, 0.05) is 24.3 Å². The van der Waals surface area contributed by atoms with E-state index in [1.807, 2.05) is 6.07 Å². The summed E-state index contributed by atoms with van der Waals surface area (Å²) in [5.41, 5.74) is 0.927. The molecule has 0 bridgehead atoms. The number of carbonyl (C=O) groups is 1. The van der Waals surface area contributed by atoms with Gasteiger partial charge in [-0.3, -0.25) is 4.79 Å². The van der Waals surface area contributed by atoms with Crippen LogP contribution in [0.2, 0.25) is 0 Å². The molecule has 2 aliphatic rings. The summed E-state index contributed by atoms with van der Waals surface area (Å²) < 4.78 is 11.0. The Balaban J connectivity index is 1.45. The first-order valence-corrected chi connectivity index (χ1v) is 9.56. The molecule has 7 nitrogen and oxygen atoms in total. The van der Waals surface area contributed by atoms with Crippen molar-refractivity contribution in [1.82, 2.24) is 10.2 Å². The first kappa shape index (κ1) is 17.6. The van der Waals surface area contributed by atoms with Crippen LogP contribution < -0.4 is 19.7 Å². The van der Waals surface area contributed by atoms with Crippen molar-refractivity contribution in [2.75, 3.05) is 30.0 Å². The molecule has 7 heteroatoms. The van der Waals surface area contributed by atoms with Gasteiger partial charge in [0.15, 0.2) is 23.0 Å². The fourth-order valence-electron chi connectivity index (χ4n) is 3.64. The van der Waals surface area contributed by atoms with Gasteiger partial charge < -0.3 is 19.7 Å². The van der Waals surface area contributed by atoms with E-state index in [0.717, 1.165) is 18.8 Å². The summed E-state index contributed by atoms with van der Waals surface area (Å²) >= 11 is 0. The molecule has 2 aromatic rings. The number of rotatable bonds is 4. The van der Waals surface area contributed by atoms with Crippen molar-refractivity contribution in [3.63, 3.8) is 0 Å². The molecule has 142 valence electrons. The summed E-state index contributed by atoms with van der Waals surface area (Å²) in [6.07, 6.45) is 4.71. The van der Waals surface area contributed by atoms with Crippen molar-refractivity contribution in [2.45, 2.75) is 38.6 Å². The number of hydrogen-bond donors (Lipinski definition) is 1. The standard InChI is InChI=1S/C20H24N4O3/c1-2-15-5-3-4-10-24(15)19-9-7-16(22-23-19)20(25)21-14-6-8-17-18(13-14)27-12-11-26-17/h6-9,13,15H,2-5,10-12H2,1H3,(H,21,25). The topological polar surface area (TPSA) is 76.6 Å². The number of aromatic nitrogens is 2. The van der Waals surface area contributed by atoms with Crippen LogP contribution in [0, 0.1) is 0 Å². The monoisotopic (exact) mass is 368 g/mol. The van der Waals surface area contributed by atoms with Crippen LogP contribution in [0.1, 0.15) is 43.1 Å². The second kappa shape index (κ2) is 7.82. The summed E-state index contributed by atoms with van der Waals surface area (Å²) in [6.45, 7) is 4.24. The van der Waals surface area contributed by atoms with E-state index in [0.29, 0.717) is 42.1 Å². The molecule has 27 heavy (non-hydrogen) atoms. The molecular formula is C20H24N4O3. The molecule has 1 amide bonds. The average Bonchev–Trinajstić information content (AvgIpc) is 2.73. The molecule has 1 saturated heterocycles. The first-order chi connectivity index (χ1) is 13.2. The van der Waals surface area contributed by atoms with Crippen LogP contribution in [-0.2, 0) is 0 Å². The van der Waals surface area contributed by atoms with Crippen molar-refractivity contribution in [3.8, 4) is 11.5 Å². The predicted molar refractivity (Wildman–Crippen MR) is 103 cm³/mol. The molecule has 4 rings (SSSR count). The molecule has 0 radical (unpaired) electrons. The Morgan fingerprint density at radius 1 is 1.15 bits per heavy atom. The van der Waals surface area contributed by atoms with Gasteiger partial charge in [0.25, 0.3) is 5.91 Å². The third-order valence-corrected chi connectivity index (χ3v) is 5.08. The van der Waals surface area contributed by atoms with Gasteiger partial charge in [-0.15, -0.1) is 10.2 Å². The summed E-state index contributed by atoms with van der Waals surface area (Å²) in [5, 5.41) is 11.3. The molecule has 2 aliphatic heterocycles. The van der Waals surface area contributed by atoms with Gasteiger partial charge in [-0.05, 0) is 49.9 Å². The number of carbonyl (C=O) groups excluding carboxylic acids is 1. The van der Waals surface area contributed by atoms with Gasteiger partial charge >= 0.3 is 0 Å². The number of hydrogen-bond acceptors (Lipinski definition) is 6. The van der Waals surface area contributed by atoms with Crippen LogP contribution in [0.3, 0.4) is 0 Å². The van der Waals surface area contributed by atoms with E-state index in [1.165, 1.54) is 19.3 Å². The Bertz CT molecular complexity index is 809. The van der Waals surface area contributed by atoms with E-state index in [9.17, 15) is 4.79 Å². The number of nitrogens with one attached hydrogen (secondary N) is 1.